The Hall–Kier alpha value is -1.00. The second-order valence-corrected chi connectivity index (χ2v) is 5.23. The second-order valence-electron chi connectivity index (χ2n) is 3.17. The Bertz CT molecular complexity index is 499. The number of hydrogen-bond acceptors (Lipinski definition) is 2. The monoisotopic (exact) mass is 298 g/mol. The van der Waals surface area contributed by atoms with Crippen molar-refractivity contribution in [1.29, 1.82) is 0 Å². The SMILES string of the molecule is Oc1ccc(Sc2ccc(Br)cc2)cc1F. The zero-order chi connectivity index (χ0) is 11.5. The summed E-state index contributed by atoms with van der Waals surface area (Å²) in [5, 5.41) is 9.06. The molecule has 82 valence electrons. The molecule has 2 aromatic rings. The van der Waals surface area contributed by atoms with Crippen LogP contribution in [0.1, 0.15) is 0 Å². The molecule has 0 aliphatic rings. The van der Waals surface area contributed by atoms with Crippen molar-refractivity contribution >= 4 is 27.7 Å². The van der Waals surface area contributed by atoms with Gasteiger partial charge < -0.3 is 5.11 Å². The molecule has 0 spiro atoms. The summed E-state index contributed by atoms with van der Waals surface area (Å²) in [5.74, 6) is -0.915. The molecule has 0 amide bonds. The number of rotatable bonds is 2. The molecule has 0 aromatic heterocycles. The molecule has 2 aromatic carbocycles. The van der Waals surface area contributed by atoms with Crippen LogP contribution >= 0.6 is 27.7 Å². The minimum absolute atomic E-state index is 0.319. The predicted octanol–water partition coefficient (Wildman–Crippen LogP) is 4.45. The Balaban J connectivity index is 2.20. The van der Waals surface area contributed by atoms with Gasteiger partial charge in [0, 0.05) is 14.3 Å². The highest BCUT2D eigenvalue weighted by Crippen LogP contribution is 2.30. The number of halogens is 2. The molecule has 16 heavy (non-hydrogen) atoms. The van der Waals surface area contributed by atoms with E-state index >= 15 is 0 Å². The molecule has 0 unspecified atom stereocenters. The van der Waals surface area contributed by atoms with Crippen LogP contribution in [0.4, 0.5) is 4.39 Å². The number of phenols is 1. The van der Waals surface area contributed by atoms with Crippen molar-refractivity contribution in [3.05, 3.63) is 52.8 Å². The summed E-state index contributed by atoms with van der Waals surface area (Å²) in [6.07, 6.45) is 0. The van der Waals surface area contributed by atoms with Gasteiger partial charge in [-0.05, 0) is 42.5 Å². The lowest BCUT2D eigenvalue weighted by Crippen LogP contribution is -1.78. The zero-order valence-corrected chi connectivity index (χ0v) is 10.6. The average molecular weight is 299 g/mol. The molecule has 0 atom stereocenters. The Labute approximate surface area is 105 Å². The number of hydrogen-bond donors (Lipinski definition) is 1. The Morgan fingerprint density at radius 2 is 1.62 bits per heavy atom. The van der Waals surface area contributed by atoms with E-state index in [9.17, 15) is 4.39 Å². The van der Waals surface area contributed by atoms with Crippen LogP contribution < -0.4 is 0 Å². The molecule has 0 aliphatic carbocycles. The van der Waals surface area contributed by atoms with Crippen LogP contribution in [0.3, 0.4) is 0 Å². The maximum absolute atomic E-state index is 13.1. The fraction of sp³-hybridized carbons (Fsp3) is 0. The molecule has 0 aliphatic heterocycles. The Morgan fingerprint density at radius 1 is 1.00 bits per heavy atom. The topological polar surface area (TPSA) is 20.2 Å². The molecule has 0 saturated carbocycles. The molecule has 1 nitrogen and oxygen atoms in total. The number of phenolic OH excluding ortho intramolecular Hbond substituents is 1. The van der Waals surface area contributed by atoms with Gasteiger partial charge in [0.2, 0.25) is 0 Å². The van der Waals surface area contributed by atoms with Crippen molar-refractivity contribution in [2.45, 2.75) is 9.79 Å². The summed E-state index contributed by atoms with van der Waals surface area (Å²) >= 11 is 4.80. The number of aromatic hydroxyl groups is 1. The fourth-order valence-corrected chi connectivity index (χ4v) is 2.30. The fourth-order valence-electron chi connectivity index (χ4n) is 1.19. The van der Waals surface area contributed by atoms with Crippen molar-refractivity contribution in [3.8, 4) is 5.75 Å². The summed E-state index contributed by atoms with van der Waals surface area (Å²) in [6, 6.07) is 12.1. The van der Waals surface area contributed by atoms with E-state index in [1.807, 2.05) is 24.3 Å². The molecule has 0 fully saturated rings. The summed E-state index contributed by atoms with van der Waals surface area (Å²) < 4.78 is 14.1. The van der Waals surface area contributed by atoms with Gasteiger partial charge in [-0.25, -0.2) is 4.39 Å². The Kier molecular flexibility index (Phi) is 3.51. The van der Waals surface area contributed by atoms with Crippen LogP contribution in [0, 0.1) is 5.82 Å². The van der Waals surface area contributed by atoms with Gasteiger partial charge in [-0.2, -0.15) is 0 Å². The van der Waals surface area contributed by atoms with E-state index in [4.69, 9.17) is 5.11 Å². The van der Waals surface area contributed by atoms with Gasteiger partial charge in [-0.3, -0.25) is 0 Å². The molecule has 0 heterocycles. The Morgan fingerprint density at radius 3 is 2.25 bits per heavy atom. The van der Waals surface area contributed by atoms with E-state index in [-0.39, 0.29) is 5.75 Å². The minimum atomic E-state index is -0.595. The first kappa shape index (κ1) is 11.5. The quantitative estimate of drug-likeness (QED) is 0.884. The van der Waals surface area contributed by atoms with Crippen molar-refractivity contribution in [2.75, 3.05) is 0 Å². The molecule has 1 N–H and O–H groups in total. The third kappa shape index (κ3) is 2.77. The minimum Gasteiger partial charge on any atom is -0.505 e. The molecular formula is C12H8BrFOS. The average Bonchev–Trinajstić information content (AvgIpc) is 2.27. The third-order valence-electron chi connectivity index (χ3n) is 1.97. The van der Waals surface area contributed by atoms with Gasteiger partial charge in [-0.15, -0.1) is 0 Å². The molecule has 0 saturated heterocycles. The van der Waals surface area contributed by atoms with Crippen molar-refractivity contribution in [1.82, 2.24) is 0 Å². The summed E-state index contributed by atoms with van der Waals surface area (Å²) in [5.41, 5.74) is 0. The second kappa shape index (κ2) is 4.89. The largest absolute Gasteiger partial charge is 0.505 e. The highest BCUT2D eigenvalue weighted by molar-refractivity contribution is 9.10. The lowest BCUT2D eigenvalue weighted by atomic mass is 10.3. The van der Waals surface area contributed by atoms with Crippen molar-refractivity contribution in [3.63, 3.8) is 0 Å². The first-order chi connectivity index (χ1) is 7.65. The smallest absolute Gasteiger partial charge is 0.165 e. The summed E-state index contributed by atoms with van der Waals surface area (Å²) in [6.45, 7) is 0. The third-order valence-corrected chi connectivity index (χ3v) is 3.49. The standard InChI is InChI=1S/C12H8BrFOS/c13-8-1-3-9(4-2-8)16-10-5-6-12(15)11(14)7-10/h1-7,15H. The van der Waals surface area contributed by atoms with E-state index < -0.39 is 5.82 Å². The molecule has 4 heteroatoms. The molecule has 0 radical (unpaired) electrons. The molecule has 0 bridgehead atoms. The highest BCUT2D eigenvalue weighted by Gasteiger charge is 2.03. The van der Waals surface area contributed by atoms with Crippen LogP contribution in [0.25, 0.3) is 0 Å². The predicted molar refractivity (Wildman–Crippen MR) is 66.3 cm³/mol. The van der Waals surface area contributed by atoms with Gasteiger partial charge in [-0.1, -0.05) is 27.7 Å². The summed E-state index contributed by atoms with van der Waals surface area (Å²) in [4.78, 5) is 1.78. The van der Waals surface area contributed by atoms with Gasteiger partial charge >= 0.3 is 0 Å². The van der Waals surface area contributed by atoms with Crippen LogP contribution in [0.2, 0.25) is 0 Å². The van der Waals surface area contributed by atoms with Crippen molar-refractivity contribution < 1.29 is 9.50 Å². The van der Waals surface area contributed by atoms with E-state index in [2.05, 4.69) is 15.9 Å². The van der Waals surface area contributed by atoms with E-state index in [0.717, 1.165) is 14.3 Å². The number of benzene rings is 2. The maximum atomic E-state index is 13.1. The van der Waals surface area contributed by atoms with Crippen LogP contribution in [0.5, 0.6) is 5.75 Å². The van der Waals surface area contributed by atoms with E-state index in [1.165, 1.54) is 23.9 Å². The van der Waals surface area contributed by atoms with Crippen molar-refractivity contribution in [2.24, 2.45) is 0 Å². The van der Waals surface area contributed by atoms with E-state index in [0.29, 0.717) is 0 Å². The zero-order valence-electron chi connectivity index (χ0n) is 8.15. The molecular weight excluding hydrogens is 291 g/mol. The van der Waals surface area contributed by atoms with E-state index in [1.54, 1.807) is 6.07 Å². The first-order valence-corrected chi connectivity index (χ1v) is 6.18. The van der Waals surface area contributed by atoms with Crippen LogP contribution in [-0.4, -0.2) is 5.11 Å². The molecule has 2 rings (SSSR count). The normalized spacial score (nSPS) is 10.4. The van der Waals surface area contributed by atoms with Crippen LogP contribution in [0.15, 0.2) is 56.7 Å². The lowest BCUT2D eigenvalue weighted by molar-refractivity contribution is 0.431. The maximum Gasteiger partial charge on any atom is 0.165 e. The van der Waals surface area contributed by atoms with Gasteiger partial charge in [0.15, 0.2) is 11.6 Å². The van der Waals surface area contributed by atoms with Gasteiger partial charge in [0.1, 0.15) is 0 Å². The van der Waals surface area contributed by atoms with Gasteiger partial charge in [0.05, 0.1) is 0 Å². The van der Waals surface area contributed by atoms with Crippen LogP contribution in [-0.2, 0) is 0 Å². The first-order valence-electron chi connectivity index (χ1n) is 4.57. The highest BCUT2D eigenvalue weighted by atomic mass is 79.9. The summed E-state index contributed by atoms with van der Waals surface area (Å²) in [7, 11) is 0. The van der Waals surface area contributed by atoms with Gasteiger partial charge in [0.25, 0.3) is 0 Å². The lowest BCUT2D eigenvalue weighted by Gasteiger charge is -2.02.